The van der Waals surface area contributed by atoms with Gasteiger partial charge in [-0.3, -0.25) is 4.79 Å². The maximum atomic E-state index is 13.1. The molecule has 1 saturated heterocycles. The first-order valence-corrected chi connectivity index (χ1v) is 8.72. The molecule has 27 heavy (non-hydrogen) atoms. The van der Waals surface area contributed by atoms with E-state index in [4.69, 9.17) is 9.57 Å². The van der Waals surface area contributed by atoms with Gasteiger partial charge in [-0.15, -0.1) is 5.10 Å². The summed E-state index contributed by atoms with van der Waals surface area (Å²) in [5, 5.41) is 9.96. The smallest absolute Gasteiger partial charge is 0.255 e. The molecule has 0 unspecified atom stereocenters. The molecule has 2 aliphatic rings. The van der Waals surface area contributed by atoms with Crippen LogP contribution in [0.3, 0.4) is 0 Å². The van der Waals surface area contributed by atoms with Crippen LogP contribution in [0.2, 0.25) is 0 Å². The first kappa shape index (κ1) is 17.1. The van der Waals surface area contributed by atoms with E-state index in [1.165, 1.54) is 13.5 Å². The Balaban J connectivity index is 1.56. The number of likely N-dealkylation sites (tertiary alicyclic amines) is 1. The van der Waals surface area contributed by atoms with Gasteiger partial charge in [0.1, 0.15) is 13.3 Å². The molecule has 1 atom stereocenters. The zero-order valence-corrected chi connectivity index (χ0v) is 15.0. The average Bonchev–Trinajstić information content (AvgIpc) is 3.38. The summed E-state index contributed by atoms with van der Waals surface area (Å²) in [6, 6.07) is 17.7. The highest BCUT2D eigenvalue weighted by Gasteiger charge is 2.38. The lowest BCUT2D eigenvalue weighted by Crippen LogP contribution is -2.44. The Morgan fingerprint density at radius 3 is 2.56 bits per heavy atom. The summed E-state index contributed by atoms with van der Waals surface area (Å²) < 4.78 is 5.19. The molecule has 0 aromatic heterocycles. The summed E-state index contributed by atoms with van der Waals surface area (Å²) in [4.78, 5) is 19.8. The van der Waals surface area contributed by atoms with Gasteiger partial charge in [-0.2, -0.15) is 0 Å². The van der Waals surface area contributed by atoms with Crippen molar-refractivity contribution in [2.24, 2.45) is 10.3 Å². The molecule has 7 heteroatoms. The van der Waals surface area contributed by atoms with Crippen molar-refractivity contribution in [1.82, 2.24) is 9.91 Å². The first-order valence-electron chi connectivity index (χ1n) is 8.72. The maximum Gasteiger partial charge on any atom is 0.255 e. The predicted molar refractivity (Wildman–Crippen MR) is 102 cm³/mol. The Morgan fingerprint density at radius 1 is 1.15 bits per heavy atom. The van der Waals surface area contributed by atoms with Crippen LogP contribution in [0.5, 0.6) is 0 Å². The van der Waals surface area contributed by atoms with E-state index in [-0.39, 0.29) is 12.1 Å². The van der Waals surface area contributed by atoms with Gasteiger partial charge in [-0.05, 0) is 23.3 Å². The van der Waals surface area contributed by atoms with Crippen LogP contribution >= 0.6 is 0 Å². The van der Waals surface area contributed by atoms with Crippen LogP contribution < -0.4 is 0 Å². The van der Waals surface area contributed by atoms with Gasteiger partial charge >= 0.3 is 0 Å². The van der Waals surface area contributed by atoms with Crippen molar-refractivity contribution in [1.29, 1.82) is 0 Å². The molecule has 1 fully saturated rings. The number of carbonyl (C=O) groups is 1. The van der Waals surface area contributed by atoms with Crippen molar-refractivity contribution >= 4 is 18.0 Å². The molecule has 2 heterocycles. The van der Waals surface area contributed by atoms with Crippen LogP contribution in [-0.4, -0.2) is 54.5 Å². The molecular weight excluding hydrogens is 344 g/mol. The average molecular weight is 364 g/mol. The van der Waals surface area contributed by atoms with Crippen LogP contribution in [0.25, 0.3) is 11.1 Å². The fraction of sp³-hybridized carbons (Fsp3) is 0.250. The Morgan fingerprint density at radius 2 is 1.89 bits per heavy atom. The van der Waals surface area contributed by atoms with Gasteiger partial charge in [0, 0.05) is 12.0 Å². The number of hydrazone groups is 1. The van der Waals surface area contributed by atoms with E-state index in [2.05, 4.69) is 10.3 Å². The van der Waals surface area contributed by atoms with Gasteiger partial charge in [0.15, 0.2) is 13.1 Å². The number of amides is 1. The molecule has 0 bridgehead atoms. The third-order valence-corrected chi connectivity index (χ3v) is 4.67. The van der Waals surface area contributed by atoms with Gasteiger partial charge < -0.3 is 14.5 Å². The van der Waals surface area contributed by atoms with E-state index >= 15 is 0 Å². The van der Waals surface area contributed by atoms with Crippen molar-refractivity contribution in [3.8, 4) is 11.1 Å². The van der Waals surface area contributed by atoms with E-state index < -0.39 is 0 Å². The lowest BCUT2D eigenvalue weighted by molar-refractivity contribution is 0.0324. The minimum Gasteiger partial charge on any atom is -0.459 e. The molecule has 0 spiro atoms. The zero-order chi connectivity index (χ0) is 18.6. The first-order chi connectivity index (χ1) is 13.3. The number of hydrogen-bond donors (Lipinski definition) is 0. The van der Waals surface area contributed by atoms with E-state index in [1.807, 2.05) is 54.6 Å². The number of hydrogen-bond acceptors (Lipinski definition) is 6. The Bertz CT molecular complexity index is 865. The van der Waals surface area contributed by atoms with Crippen molar-refractivity contribution < 1.29 is 14.4 Å². The summed E-state index contributed by atoms with van der Waals surface area (Å²) in [6.45, 7) is 0.728. The second-order valence-corrected chi connectivity index (χ2v) is 6.36. The van der Waals surface area contributed by atoms with Crippen LogP contribution in [0.4, 0.5) is 0 Å². The third-order valence-electron chi connectivity index (χ3n) is 4.67. The SMILES string of the molecule is CON=C1C[C@H](N2COC=N2)N(C(=O)c2ccc(-c3ccccc3)cc2)C1. The molecule has 0 saturated carbocycles. The molecule has 2 aliphatic heterocycles. The summed E-state index contributed by atoms with van der Waals surface area (Å²) in [5.41, 5.74) is 3.62. The third kappa shape index (κ3) is 3.48. The van der Waals surface area contributed by atoms with Crippen LogP contribution in [0.1, 0.15) is 16.8 Å². The highest BCUT2D eigenvalue weighted by Crippen LogP contribution is 2.25. The molecule has 0 aliphatic carbocycles. The topological polar surface area (TPSA) is 66.7 Å². The molecule has 2 aromatic rings. The summed E-state index contributed by atoms with van der Waals surface area (Å²) in [5.74, 6) is -0.0667. The number of benzene rings is 2. The van der Waals surface area contributed by atoms with Gasteiger partial charge in [-0.25, -0.2) is 5.01 Å². The van der Waals surface area contributed by atoms with E-state index in [9.17, 15) is 4.79 Å². The van der Waals surface area contributed by atoms with Crippen molar-refractivity contribution in [2.75, 3.05) is 20.4 Å². The number of ether oxygens (including phenoxy) is 1. The van der Waals surface area contributed by atoms with Gasteiger partial charge in [0.05, 0.1) is 12.3 Å². The second kappa shape index (κ2) is 7.49. The largest absolute Gasteiger partial charge is 0.459 e. The van der Waals surface area contributed by atoms with Gasteiger partial charge in [-0.1, -0.05) is 47.6 Å². The van der Waals surface area contributed by atoms with Crippen LogP contribution in [0, 0.1) is 0 Å². The second-order valence-electron chi connectivity index (χ2n) is 6.36. The maximum absolute atomic E-state index is 13.1. The van der Waals surface area contributed by atoms with Crippen molar-refractivity contribution in [3.05, 3.63) is 60.2 Å². The standard InChI is InChI=1S/C20H20N4O3/c1-26-22-18-11-19(24-14-27-13-21-24)23(12-18)20(25)17-9-7-16(8-10-17)15-5-3-2-4-6-15/h2-10,13,19H,11-12,14H2,1H3/t19-/m0/s1. The predicted octanol–water partition coefficient (Wildman–Crippen LogP) is 2.76. The molecular formula is C20H20N4O3. The van der Waals surface area contributed by atoms with Crippen molar-refractivity contribution in [2.45, 2.75) is 12.6 Å². The highest BCUT2D eigenvalue weighted by molar-refractivity contribution is 6.00. The van der Waals surface area contributed by atoms with Crippen LogP contribution in [0.15, 0.2) is 64.9 Å². The molecule has 7 nitrogen and oxygen atoms in total. The fourth-order valence-electron chi connectivity index (χ4n) is 3.36. The quantitative estimate of drug-likeness (QED) is 0.783. The fourth-order valence-corrected chi connectivity index (χ4v) is 3.36. The zero-order valence-electron chi connectivity index (χ0n) is 15.0. The van der Waals surface area contributed by atoms with Crippen LogP contribution in [-0.2, 0) is 9.57 Å². The highest BCUT2D eigenvalue weighted by atomic mass is 16.6. The minimum atomic E-state index is -0.237. The number of carbonyl (C=O) groups excluding carboxylic acids is 1. The lowest BCUT2D eigenvalue weighted by atomic mass is 10.0. The molecule has 0 N–H and O–H groups in total. The lowest BCUT2D eigenvalue weighted by Gasteiger charge is -2.29. The molecule has 0 radical (unpaired) electrons. The number of rotatable bonds is 4. The normalized spacial score (nSPS) is 20.2. The summed E-state index contributed by atoms with van der Waals surface area (Å²) >= 11 is 0. The van der Waals surface area contributed by atoms with E-state index in [0.29, 0.717) is 25.3 Å². The van der Waals surface area contributed by atoms with Gasteiger partial charge in [0.25, 0.3) is 5.91 Å². The van der Waals surface area contributed by atoms with Gasteiger partial charge in [0.2, 0.25) is 0 Å². The summed E-state index contributed by atoms with van der Waals surface area (Å²) in [7, 11) is 1.51. The summed E-state index contributed by atoms with van der Waals surface area (Å²) in [6.07, 6.45) is 1.73. The number of oxime groups is 1. The molecule has 2 aromatic carbocycles. The number of nitrogens with zero attached hydrogens (tertiary/aromatic N) is 4. The molecule has 138 valence electrons. The molecule has 1 amide bonds. The van der Waals surface area contributed by atoms with E-state index in [1.54, 1.807) is 9.91 Å². The van der Waals surface area contributed by atoms with E-state index in [0.717, 1.165) is 16.8 Å². The Hall–Kier alpha value is -3.35. The minimum absolute atomic E-state index is 0.0667. The Kier molecular flexibility index (Phi) is 4.74. The monoisotopic (exact) mass is 364 g/mol. The van der Waals surface area contributed by atoms with Crippen molar-refractivity contribution in [3.63, 3.8) is 0 Å². The molecule has 4 rings (SSSR count). The Labute approximate surface area is 157 Å².